The highest BCUT2D eigenvalue weighted by Crippen LogP contribution is 2.23. The number of ether oxygens (including phenoxy) is 1. The standard InChI is InChI=1S/C18H26N4O2.ClH/c1-5-18(6-2,12-19)20-17(23)14-9-10-22(21-14)15-11-13(3)7-8-16(15)24-4;/h7-11H,5-6,12,19H2,1-4H3,(H,20,23);1H. The molecule has 1 aromatic carbocycles. The van der Waals surface area contributed by atoms with Gasteiger partial charge in [0.05, 0.1) is 12.6 Å². The van der Waals surface area contributed by atoms with Crippen molar-refractivity contribution in [2.24, 2.45) is 5.73 Å². The van der Waals surface area contributed by atoms with Crippen molar-refractivity contribution in [1.29, 1.82) is 0 Å². The van der Waals surface area contributed by atoms with Crippen molar-refractivity contribution in [3.63, 3.8) is 0 Å². The maximum Gasteiger partial charge on any atom is 0.272 e. The van der Waals surface area contributed by atoms with Crippen molar-refractivity contribution >= 4 is 18.3 Å². The summed E-state index contributed by atoms with van der Waals surface area (Å²) in [6.07, 6.45) is 3.31. The van der Waals surface area contributed by atoms with Gasteiger partial charge in [-0.2, -0.15) is 5.10 Å². The fraction of sp³-hybridized carbons (Fsp3) is 0.444. The maximum atomic E-state index is 12.5. The lowest BCUT2D eigenvalue weighted by atomic mass is 9.93. The summed E-state index contributed by atoms with van der Waals surface area (Å²) in [5, 5.41) is 7.43. The van der Waals surface area contributed by atoms with Crippen LogP contribution in [0, 0.1) is 6.92 Å². The Morgan fingerprint density at radius 3 is 2.56 bits per heavy atom. The van der Waals surface area contributed by atoms with Crippen molar-refractivity contribution in [3.05, 3.63) is 41.7 Å². The third-order valence-electron chi connectivity index (χ3n) is 4.53. The van der Waals surface area contributed by atoms with E-state index in [0.29, 0.717) is 18.0 Å². The number of benzene rings is 1. The number of carbonyl (C=O) groups is 1. The molecule has 3 N–H and O–H groups in total. The van der Waals surface area contributed by atoms with Crippen molar-refractivity contribution in [2.45, 2.75) is 39.2 Å². The molecule has 138 valence electrons. The zero-order valence-electron chi connectivity index (χ0n) is 15.2. The summed E-state index contributed by atoms with van der Waals surface area (Å²) in [4.78, 5) is 12.5. The van der Waals surface area contributed by atoms with Gasteiger partial charge >= 0.3 is 0 Å². The third kappa shape index (κ3) is 4.52. The van der Waals surface area contributed by atoms with E-state index in [2.05, 4.69) is 10.4 Å². The summed E-state index contributed by atoms with van der Waals surface area (Å²) in [5.41, 5.74) is 7.71. The predicted octanol–water partition coefficient (Wildman–Crippen LogP) is 2.86. The number of nitrogens with zero attached hydrogens (tertiary/aromatic N) is 2. The lowest BCUT2D eigenvalue weighted by Crippen LogP contribution is -2.53. The van der Waals surface area contributed by atoms with E-state index in [-0.39, 0.29) is 23.9 Å². The molecule has 0 spiro atoms. The molecule has 7 heteroatoms. The number of halogens is 1. The second-order valence-corrected chi connectivity index (χ2v) is 5.97. The van der Waals surface area contributed by atoms with Crippen molar-refractivity contribution in [2.75, 3.05) is 13.7 Å². The first-order valence-corrected chi connectivity index (χ1v) is 8.22. The van der Waals surface area contributed by atoms with Gasteiger partial charge in [0.25, 0.3) is 5.91 Å². The fourth-order valence-electron chi connectivity index (χ4n) is 2.63. The lowest BCUT2D eigenvalue weighted by Gasteiger charge is -2.31. The molecule has 0 radical (unpaired) electrons. The summed E-state index contributed by atoms with van der Waals surface area (Å²) >= 11 is 0. The van der Waals surface area contributed by atoms with E-state index in [1.54, 1.807) is 24.1 Å². The molecule has 1 amide bonds. The predicted molar refractivity (Wildman–Crippen MR) is 102 cm³/mol. The van der Waals surface area contributed by atoms with Gasteiger partial charge in [0.1, 0.15) is 11.4 Å². The minimum Gasteiger partial charge on any atom is -0.494 e. The van der Waals surface area contributed by atoms with Crippen LogP contribution < -0.4 is 15.8 Å². The molecular formula is C18H27ClN4O2. The van der Waals surface area contributed by atoms with E-state index < -0.39 is 0 Å². The summed E-state index contributed by atoms with van der Waals surface area (Å²) in [7, 11) is 1.61. The molecule has 0 fully saturated rings. The molecule has 0 bridgehead atoms. The number of nitrogens with two attached hydrogens (primary N) is 1. The van der Waals surface area contributed by atoms with E-state index in [1.807, 2.05) is 39.0 Å². The Labute approximate surface area is 155 Å². The summed E-state index contributed by atoms with van der Waals surface area (Å²) in [6, 6.07) is 7.52. The molecule has 0 aliphatic carbocycles. The lowest BCUT2D eigenvalue weighted by molar-refractivity contribution is 0.0889. The zero-order chi connectivity index (χ0) is 17.7. The number of hydrogen-bond donors (Lipinski definition) is 2. The zero-order valence-corrected chi connectivity index (χ0v) is 16.0. The second-order valence-electron chi connectivity index (χ2n) is 5.97. The monoisotopic (exact) mass is 366 g/mol. The first-order chi connectivity index (χ1) is 11.5. The minimum absolute atomic E-state index is 0. The van der Waals surface area contributed by atoms with Gasteiger partial charge in [-0.05, 0) is 43.5 Å². The van der Waals surface area contributed by atoms with Gasteiger partial charge in [-0.3, -0.25) is 4.79 Å². The number of amides is 1. The van der Waals surface area contributed by atoms with Crippen LogP contribution in [-0.2, 0) is 0 Å². The molecule has 2 rings (SSSR count). The number of methoxy groups -OCH3 is 1. The minimum atomic E-state index is -0.387. The summed E-state index contributed by atoms with van der Waals surface area (Å²) in [5.74, 6) is 0.489. The summed E-state index contributed by atoms with van der Waals surface area (Å²) in [6.45, 7) is 6.44. The van der Waals surface area contributed by atoms with E-state index in [1.165, 1.54) is 0 Å². The van der Waals surface area contributed by atoms with Gasteiger partial charge < -0.3 is 15.8 Å². The van der Waals surface area contributed by atoms with Crippen LogP contribution in [0.5, 0.6) is 5.75 Å². The van der Waals surface area contributed by atoms with E-state index in [0.717, 1.165) is 24.1 Å². The largest absolute Gasteiger partial charge is 0.494 e. The molecule has 25 heavy (non-hydrogen) atoms. The highest BCUT2D eigenvalue weighted by molar-refractivity contribution is 5.92. The molecule has 0 saturated carbocycles. The highest BCUT2D eigenvalue weighted by atomic mass is 35.5. The van der Waals surface area contributed by atoms with Crippen LogP contribution in [0.25, 0.3) is 5.69 Å². The van der Waals surface area contributed by atoms with Crippen molar-refractivity contribution in [3.8, 4) is 11.4 Å². The quantitative estimate of drug-likeness (QED) is 0.789. The SMILES string of the molecule is CCC(CC)(CN)NC(=O)c1ccn(-c2cc(C)ccc2OC)n1.Cl. The Hall–Kier alpha value is -2.05. The van der Waals surface area contributed by atoms with Gasteiger partial charge in [-0.1, -0.05) is 19.9 Å². The first-order valence-electron chi connectivity index (χ1n) is 8.22. The van der Waals surface area contributed by atoms with Gasteiger partial charge in [0.15, 0.2) is 5.69 Å². The van der Waals surface area contributed by atoms with Crippen LogP contribution in [-0.4, -0.2) is 34.9 Å². The maximum absolute atomic E-state index is 12.5. The molecule has 2 aromatic rings. The number of carbonyl (C=O) groups excluding carboxylic acids is 1. The molecule has 0 aliphatic rings. The molecular weight excluding hydrogens is 340 g/mol. The molecule has 0 atom stereocenters. The number of hydrogen-bond acceptors (Lipinski definition) is 4. The Morgan fingerprint density at radius 1 is 1.32 bits per heavy atom. The van der Waals surface area contributed by atoms with E-state index >= 15 is 0 Å². The third-order valence-corrected chi connectivity index (χ3v) is 4.53. The topological polar surface area (TPSA) is 82.2 Å². The fourth-order valence-corrected chi connectivity index (χ4v) is 2.63. The van der Waals surface area contributed by atoms with Gasteiger partial charge in [-0.25, -0.2) is 4.68 Å². The molecule has 0 saturated heterocycles. The Morgan fingerprint density at radius 2 is 2.00 bits per heavy atom. The van der Waals surface area contributed by atoms with Crippen LogP contribution >= 0.6 is 12.4 Å². The van der Waals surface area contributed by atoms with Crippen LogP contribution in [0.1, 0.15) is 42.7 Å². The van der Waals surface area contributed by atoms with E-state index in [4.69, 9.17) is 10.5 Å². The van der Waals surface area contributed by atoms with Crippen molar-refractivity contribution in [1.82, 2.24) is 15.1 Å². The summed E-state index contributed by atoms with van der Waals surface area (Å²) < 4.78 is 7.03. The highest BCUT2D eigenvalue weighted by Gasteiger charge is 2.27. The first kappa shape index (κ1) is 21.0. The normalized spacial score (nSPS) is 10.9. The average Bonchev–Trinajstić information content (AvgIpc) is 3.10. The average molecular weight is 367 g/mol. The van der Waals surface area contributed by atoms with Crippen LogP contribution in [0.15, 0.2) is 30.5 Å². The van der Waals surface area contributed by atoms with Gasteiger partial charge in [0, 0.05) is 12.7 Å². The Kier molecular flexibility index (Phi) is 7.45. The smallest absolute Gasteiger partial charge is 0.272 e. The van der Waals surface area contributed by atoms with E-state index in [9.17, 15) is 4.79 Å². The number of aromatic nitrogens is 2. The molecule has 0 unspecified atom stereocenters. The van der Waals surface area contributed by atoms with Crippen LogP contribution in [0.2, 0.25) is 0 Å². The molecule has 6 nitrogen and oxygen atoms in total. The van der Waals surface area contributed by atoms with Gasteiger partial charge in [0.2, 0.25) is 0 Å². The second kappa shape index (κ2) is 8.87. The number of nitrogens with one attached hydrogen (secondary N) is 1. The molecule has 1 aromatic heterocycles. The van der Waals surface area contributed by atoms with Crippen LogP contribution in [0.4, 0.5) is 0 Å². The van der Waals surface area contributed by atoms with Crippen molar-refractivity contribution < 1.29 is 9.53 Å². The Balaban J connectivity index is 0.00000312. The Bertz CT molecular complexity index is 703. The van der Waals surface area contributed by atoms with Crippen LogP contribution in [0.3, 0.4) is 0 Å². The molecule has 1 heterocycles. The molecule has 0 aliphatic heterocycles. The number of rotatable bonds is 7. The number of aryl methyl sites for hydroxylation is 1. The van der Waals surface area contributed by atoms with Gasteiger partial charge in [-0.15, -0.1) is 12.4 Å².